The highest BCUT2D eigenvalue weighted by atomic mass is 35.5. The SMILES string of the molecule is O=C(CN1CCC[C@H]1C(=O)Nc1ccc(Cl)cc1Cl)Nc1ccccc1F. The van der Waals surface area contributed by atoms with E-state index in [2.05, 4.69) is 10.6 Å². The molecule has 2 aromatic rings. The maximum atomic E-state index is 13.7. The van der Waals surface area contributed by atoms with Gasteiger partial charge in [0.25, 0.3) is 0 Å². The van der Waals surface area contributed by atoms with Crippen LogP contribution in [0, 0.1) is 5.82 Å². The summed E-state index contributed by atoms with van der Waals surface area (Å²) < 4.78 is 13.7. The number of rotatable bonds is 5. The number of carbonyl (C=O) groups excluding carboxylic acids is 2. The van der Waals surface area contributed by atoms with E-state index in [9.17, 15) is 14.0 Å². The smallest absolute Gasteiger partial charge is 0.241 e. The summed E-state index contributed by atoms with van der Waals surface area (Å²) >= 11 is 12.0. The predicted molar refractivity (Wildman–Crippen MR) is 105 cm³/mol. The van der Waals surface area contributed by atoms with Crippen LogP contribution in [0.25, 0.3) is 0 Å². The standard InChI is InChI=1S/C19H18Cl2FN3O2/c20-12-7-8-15(13(21)10-12)24-19(27)17-6-3-9-25(17)11-18(26)23-16-5-2-1-4-14(16)22/h1-2,4-5,7-8,10,17H,3,6,9,11H2,(H,23,26)(H,24,27)/t17-/m0/s1. The molecular weight excluding hydrogens is 392 g/mol. The highest BCUT2D eigenvalue weighted by Gasteiger charge is 2.32. The zero-order valence-corrected chi connectivity index (χ0v) is 15.9. The minimum atomic E-state index is -0.501. The number of halogens is 3. The van der Waals surface area contributed by atoms with Crippen molar-refractivity contribution in [2.45, 2.75) is 18.9 Å². The molecule has 1 saturated heterocycles. The first-order chi connectivity index (χ1) is 12.9. The van der Waals surface area contributed by atoms with Crippen LogP contribution >= 0.6 is 23.2 Å². The summed E-state index contributed by atoms with van der Waals surface area (Å²) in [6.45, 7) is 0.609. The Morgan fingerprint density at radius 2 is 1.89 bits per heavy atom. The summed E-state index contributed by atoms with van der Waals surface area (Å²) in [5.74, 6) is -1.11. The number of benzene rings is 2. The molecule has 3 rings (SSSR count). The molecule has 0 radical (unpaired) electrons. The molecule has 1 atom stereocenters. The summed E-state index contributed by atoms with van der Waals surface area (Å²) in [5, 5.41) is 6.14. The predicted octanol–water partition coefficient (Wildman–Crippen LogP) is 4.17. The van der Waals surface area contributed by atoms with E-state index in [0.29, 0.717) is 28.7 Å². The van der Waals surface area contributed by atoms with Crippen molar-refractivity contribution in [2.24, 2.45) is 0 Å². The van der Waals surface area contributed by atoms with E-state index in [1.165, 1.54) is 12.1 Å². The molecule has 2 amide bonds. The molecule has 2 aromatic carbocycles. The van der Waals surface area contributed by atoms with Crippen LogP contribution < -0.4 is 10.6 Å². The van der Waals surface area contributed by atoms with Crippen molar-refractivity contribution in [2.75, 3.05) is 23.7 Å². The minimum Gasteiger partial charge on any atom is -0.323 e. The Hall–Kier alpha value is -2.15. The summed E-state index contributed by atoms with van der Waals surface area (Å²) in [5.41, 5.74) is 0.587. The number of para-hydroxylation sites is 1. The molecule has 1 fully saturated rings. The third-order valence-corrected chi connectivity index (χ3v) is 4.90. The first kappa shape index (κ1) is 19.6. The van der Waals surface area contributed by atoms with Crippen LogP contribution in [0.1, 0.15) is 12.8 Å². The Kier molecular flexibility index (Phi) is 6.31. The second-order valence-electron chi connectivity index (χ2n) is 6.27. The van der Waals surface area contributed by atoms with Gasteiger partial charge in [-0.1, -0.05) is 35.3 Å². The largest absolute Gasteiger partial charge is 0.323 e. The van der Waals surface area contributed by atoms with E-state index < -0.39 is 11.9 Å². The number of hydrogen-bond donors (Lipinski definition) is 2. The topological polar surface area (TPSA) is 61.4 Å². The third-order valence-electron chi connectivity index (χ3n) is 4.35. The van der Waals surface area contributed by atoms with Crippen molar-refractivity contribution in [3.05, 3.63) is 58.3 Å². The summed E-state index contributed by atoms with van der Waals surface area (Å²) in [6.07, 6.45) is 1.42. The van der Waals surface area contributed by atoms with Gasteiger partial charge >= 0.3 is 0 Å². The number of anilines is 2. The number of amides is 2. The van der Waals surface area contributed by atoms with Crippen molar-refractivity contribution in [1.29, 1.82) is 0 Å². The lowest BCUT2D eigenvalue weighted by Crippen LogP contribution is -2.43. The highest BCUT2D eigenvalue weighted by molar-refractivity contribution is 6.36. The maximum Gasteiger partial charge on any atom is 0.241 e. The lowest BCUT2D eigenvalue weighted by atomic mass is 10.2. The van der Waals surface area contributed by atoms with E-state index in [4.69, 9.17) is 23.2 Å². The maximum absolute atomic E-state index is 13.7. The zero-order valence-electron chi connectivity index (χ0n) is 14.3. The van der Waals surface area contributed by atoms with Crippen LogP contribution in [0.15, 0.2) is 42.5 Å². The Morgan fingerprint density at radius 3 is 2.63 bits per heavy atom. The lowest BCUT2D eigenvalue weighted by Gasteiger charge is -2.23. The number of nitrogens with zero attached hydrogens (tertiary/aromatic N) is 1. The molecule has 0 bridgehead atoms. The van der Waals surface area contributed by atoms with Gasteiger partial charge in [0.05, 0.1) is 29.0 Å². The zero-order chi connectivity index (χ0) is 19.4. The van der Waals surface area contributed by atoms with Gasteiger partial charge in [0.2, 0.25) is 11.8 Å². The first-order valence-electron chi connectivity index (χ1n) is 8.48. The molecule has 1 aliphatic heterocycles. The molecule has 27 heavy (non-hydrogen) atoms. The fourth-order valence-corrected chi connectivity index (χ4v) is 3.51. The van der Waals surface area contributed by atoms with Crippen LogP contribution in [0.5, 0.6) is 0 Å². The molecule has 0 saturated carbocycles. The van der Waals surface area contributed by atoms with Crippen LogP contribution in [0.2, 0.25) is 10.0 Å². The van der Waals surface area contributed by atoms with E-state index in [1.807, 2.05) is 0 Å². The van der Waals surface area contributed by atoms with Gasteiger partial charge in [-0.3, -0.25) is 14.5 Å². The molecule has 1 aliphatic rings. The van der Waals surface area contributed by atoms with Gasteiger partial charge in [-0.2, -0.15) is 0 Å². The molecule has 0 aliphatic carbocycles. The van der Waals surface area contributed by atoms with Crippen molar-refractivity contribution in [1.82, 2.24) is 4.90 Å². The van der Waals surface area contributed by atoms with Crippen molar-refractivity contribution >= 4 is 46.4 Å². The normalized spacial score (nSPS) is 16.9. The Balaban J connectivity index is 1.61. The third kappa shape index (κ3) is 4.97. The van der Waals surface area contributed by atoms with Gasteiger partial charge in [-0.05, 0) is 49.7 Å². The molecule has 8 heteroatoms. The van der Waals surface area contributed by atoms with E-state index in [0.717, 1.165) is 6.42 Å². The van der Waals surface area contributed by atoms with Crippen molar-refractivity contribution < 1.29 is 14.0 Å². The van der Waals surface area contributed by atoms with Gasteiger partial charge in [0.15, 0.2) is 0 Å². The fourth-order valence-electron chi connectivity index (χ4n) is 3.06. The summed E-state index contributed by atoms with van der Waals surface area (Å²) in [6, 6.07) is 10.3. The van der Waals surface area contributed by atoms with Crippen LogP contribution in [-0.4, -0.2) is 35.8 Å². The second-order valence-corrected chi connectivity index (χ2v) is 7.11. The van der Waals surface area contributed by atoms with Crippen molar-refractivity contribution in [3.63, 3.8) is 0 Å². The Labute approximate surface area is 166 Å². The molecule has 2 N–H and O–H groups in total. The summed E-state index contributed by atoms with van der Waals surface area (Å²) in [4.78, 5) is 26.6. The number of hydrogen-bond acceptors (Lipinski definition) is 3. The van der Waals surface area contributed by atoms with Gasteiger partial charge < -0.3 is 10.6 Å². The van der Waals surface area contributed by atoms with Gasteiger partial charge in [-0.25, -0.2) is 4.39 Å². The molecule has 0 spiro atoms. The number of likely N-dealkylation sites (tertiary alicyclic amines) is 1. The highest BCUT2D eigenvalue weighted by Crippen LogP contribution is 2.27. The van der Waals surface area contributed by atoms with Crippen LogP contribution in [0.3, 0.4) is 0 Å². The Bertz CT molecular complexity index is 863. The average Bonchev–Trinajstić information content (AvgIpc) is 3.07. The second kappa shape index (κ2) is 8.69. The molecular formula is C19H18Cl2FN3O2. The van der Waals surface area contributed by atoms with Crippen molar-refractivity contribution in [3.8, 4) is 0 Å². The molecule has 5 nitrogen and oxygen atoms in total. The van der Waals surface area contributed by atoms with Crippen LogP contribution in [0.4, 0.5) is 15.8 Å². The number of nitrogens with one attached hydrogen (secondary N) is 2. The van der Waals surface area contributed by atoms with Gasteiger partial charge in [-0.15, -0.1) is 0 Å². The number of carbonyl (C=O) groups is 2. The first-order valence-corrected chi connectivity index (χ1v) is 9.24. The minimum absolute atomic E-state index is 0.000765. The summed E-state index contributed by atoms with van der Waals surface area (Å²) in [7, 11) is 0. The lowest BCUT2D eigenvalue weighted by molar-refractivity contribution is -0.122. The van der Waals surface area contributed by atoms with E-state index in [-0.39, 0.29) is 24.0 Å². The monoisotopic (exact) mass is 409 g/mol. The quantitative estimate of drug-likeness (QED) is 0.778. The van der Waals surface area contributed by atoms with Gasteiger partial charge in [0.1, 0.15) is 5.82 Å². The average molecular weight is 410 g/mol. The molecule has 1 heterocycles. The van der Waals surface area contributed by atoms with E-state index >= 15 is 0 Å². The fraction of sp³-hybridized carbons (Fsp3) is 0.263. The molecule has 0 unspecified atom stereocenters. The molecule has 142 valence electrons. The molecule has 0 aromatic heterocycles. The van der Waals surface area contributed by atoms with Crippen LogP contribution in [-0.2, 0) is 9.59 Å². The Morgan fingerprint density at radius 1 is 1.11 bits per heavy atom. The van der Waals surface area contributed by atoms with E-state index in [1.54, 1.807) is 35.2 Å². The van der Waals surface area contributed by atoms with Gasteiger partial charge in [0, 0.05) is 5.02 Å².